The van der Waals surface area contributed by atoms with Gasteiger partial charge in [-0.3, -0.25) is 19.5 Å². The number of hydrogen-bond donors (Lipinski definition) is 1. The highest BCUT2D eigenvalue weighted by molar-refractivity contribution is 5.82. The van der Waals surface area contributed by atoms with Crippen molar-refractivity contribution in [1.29, 1.82) is 0 Å². The van der Waals surface area contributed by atoms with Crippen LogP contribution in [0.3, 0.4) is 0 Å². The number of hydrogen-bond acceptors (Lipinski definition) is 4. The van der Waals surface area contributed by atoms with Crippen molar-refractivity contribution in [1.82, 2.24) is 24.4 Å². The Morgan fingerprint density at radius 1 is 1.00 bits per heavy atom. The lowest BCUT2D eigenvalue weighted by Gasteiger charge is -2.35. The van der Waals surface area contributed by atoms with Gasteiger partial charge in [0.05, 0.1) is 29.5 Å². The number of nitrogens with one attached hydrogen (secondary N) is 1. The van der Waals surface area contributed by atoms with Gasteiger partial charge < -0.3 is 9.80 Å². The fraction of sp³-hybridized carbons (Fsp3) is 0.636. The van der Waals surface area contributed by atoms with Crippen molar-refractivity contribution in [2.75, 3.05) is 13.1 Å². The van der Waals surface area contributed by atoms with Crippen LogP contribution >= 0.6 is 0 Å². The molecule has 2 aliphatic heterocycles. The van der Waals surface area contributed by atoms with E-state index in [-0.39, 0.29) is 35.3 Å². The van der Waals surface area contributed by atoms with Crippen LogP contribution in [0.1, 0.15) is 67.9 Å². The van der Waals surface area contributed by atoms with E-state index in [9.17, 15) is 14.4 Å². The number of carbonyl (C=O) groups excluding carboxylic acids is 2. The number of amides is 2. The summed E-state index contributed by atoms with van der Waals surface area (Å²) < 4.78 is 1.51. The monoisotopic (exact) mass is 409 g/mol. The van der Waals surface area contributed by atoms with Gasteiger partial charge in [0.2, 0.25) is 11.8 Å². The summed E-state index contributed by atoms with van der Waals surface area (Å²) in [7, 11) is 0. The molecular weight excluding hydrogens is 382 g/mol. The molecule has 0 radical (unpaired) electrons. The van der Waals surface area contributed by atoms with Crippen molar-refractivity contribution in [2.45, 2.75) is 64.0 Å². The highest BCUT2D eigenvalue weighted by Crippen LogP contribution is 2.38. The molecule has 8 nitrogen and oxygen atoms in total. The van der Waals surface area contributed by atoms with Gasteiger partial charge in [-0.1, -0.05) is 0 Å². The molecule has 4 aliphatic rings. The van der Waals surface area contributed by atoms with Gasteiger partial charge in [-0.15, -0.1) is 0 Å². The summed E-state index contributed by atoms with van der Waals surface area (Å²) >= 11 is 0. The van der Waals surface area contributed by atoms with Gasteiger partial charge >= 0.3 is 0 Å². The zero-order valence-corrected chi connectivity index (χ0v) is 17.1. The molecular formula is C22H27N5O3. The first-order valence-electron chi connectivity index (χ1n) is 11.3. The molecule has 6 rings (SSSR count). The van der Waals surface area contributed by atoms with Gasteiger partial charge in [-0.25, -0.2) is 9.50 Å². The Labute approximate surface area is 174 Å². The molecule has 30 heavy (non-hydrogen) atoms. The number of carbonyl (C=O) groups is 2. The number of fused-ring (bicyclic) bond motifs is 2. The summed E-state index contributed by atoms with van der Waals surface area (Å²) in [5.41, 5.74) is 2.81. The molecule has 1 atom stereocenters. The van der Waals surface area contributed by atoms with E-state index in [1.807, 2.05) is 15.9 Å². The maximum absolute atomic E-state index is 13.2. The molecule has 1 N–H and O–H groups in total. The van der Waals surface area contributed by atoms with Crippen LogP contribution in [0.15, 0.2) is 10.9 Å². The number of nitrogens with zero attached hydrogens (tertiary/aromatic N) is 4. The Morgan fingerprint density at radius 3 is 2.53 bits per heavy atom. The molecule has 0 aromatic carbocycles. The number of aromatic amines is 1. The summed E-state index contributed by atoms with van der Waals surface area (Å²) in [6, 6.07) is 1.92. The first kappa shape index (κ1) is 18.2. The van der Waals surface area contributed by atoms with Crippen molar-refractivity contribution >= 4 is 17.5 Å². The van der Waals surface area contributed by atoms with Crippen molar-refractivity contribution in [3.8, 4) is 0 Å². The number of rotatable bonds is 3. The van der Waals surface area contributed by atoms with Crippen LogP contribution in [0.4, 0.5) is 0 Å². The topological polar surface area (TPSA) is 90.8 Å². The van der Waals surface area contributed by atoms with E-state index < -0.39 is 0 Å². The van der Waals surface area contributed by atoms with Crippen LogP contribution in [0.25, 0.3) is 5.65 Å². The van der Waals surface area contributed by atoms with Gasteiger partial charge in [0.15, 0.2) is 5.65 Å². The molecule has 3 fully saturated rings. The minimum atomic E-state index is -0.120. The molecule has 2 saturated carbocycles. The molecule has 2 aliphatic carbocycles. The number of aromatic nitrogens is 3. The average Bonchev–Trinajstić information content (AvgIpc) is 3.69. The quantitative estimate of drug-likeness (QED) is 0.837. The van der Waals surface area contributed by atoms with Crippen LogP contribution in [0, 0.1) is 11.8 Å². The lowest BCUT2D eigenvalue weighted by molar-refractivity contribution is -0.136. The molecule has 0 bridgehead atoms. The normalized spacial score (nSPS) is 24.2. The van der Waals surface area contributed by atoms with Gasteiger partial charge in [0.1, 0.15) is 0 Å². The van der Waals surface area contributed by atoms with Crippen molar-refractivity contribution in [3.05, 3.63) is 33.4 Å². The zero-order valence-electron chi connectivity index (χ0n) is 17.1. The maximum Gasteiger partial charge on any atom is 0.277 e. The second kappa shape index (κ2) is 6.68. The Morgan fingerprint density at radius 2 is 1.77 bits per heavy atom. The standard InChI is InChI=1S/C22H27N5O3/c28-20(13-4-5-13)25-10-8-16-15(12-25)22(30)27-19(23-16)11-17(24-27)18-3-1-2-9-26(18)21(29)14-6-7-14/h11,13-14,18,24H,1-10,12H2/t18-/m0/s1. The minimum Gasteiger partial charge on any atom is -0.337 e. The third kappa shape index (κ3) is 2.96. The van der Waals surface area contributed by atoms with Crippen LogP contribution in [-0.2, 0) is 22.6 Å². The molecule has 1 saturated heterocycles. The Kier molecular flexibility index (Phi) is 4.05. The highest BCUT2D eigenvalue weighted by Gasteiger charge is 2.39. The SMILES string of the molecule is O=C(C1CC1)N1CCc2nc3cc([C@@H]4CCCCN4C(=O)C4CC4)[nH]n3c(=O)c2C1. The van der Waals surface area contributed by atoms with Gasteiger partial charge in [0, 0.05) is 37.4 Å². The van der Waals surface area contributed by atoms with Crippen LogP contribution < -0.4 is 5.56 Å². The second-order valence-corrected chi connectivity index (χ2v) is 9.35. The van der Waals surface area contributed by atoms with Gasteiger partial charge in [-0.2, -0.15) is 0 Å². The molecule has 4 heterocycles. The first-order chi connectivity index (χ1) is 14.6. The predicted octanol–water partition coefficient (Wildman–Crippen LogP) is 1.78. The number of piperidine rings is 1. The van der Waals surface area contributed by atoms with Crippen molar-refractivity contribution < 1.29 is 9.59 Å². The summed E-state index contributed by atoms with van der Waals surface area (Å²) in [4.78, 5) is 47.1. The van der Waals surface area contributed by atoms with Crippen LogP contribution in [-0.4, -0.2) is 49.3 Å². The smallest absolute Gasteiger partial charge is 0.277 e. The van der Waals surface area contributed by atoms with Crippen LogP contribution in [0.2, 0.25) is 0 Å². The van der Waals surface area contributed by atoms with Gasteiger partial charge in [-0.05, 0) is 44.9 Å². The summed E-state index contributed by atoms with van der Waals surface area (Å²) in [5.74, 6) is 0.781. The fourth-order valence-corrected chi connectivity index (χ4v) is 5.03. The van der Waals surface area contributed by atoms with E-state index in [0.717, 1.165) is 62.9 Å². The van der Waals surface area contributed by atoms with Crippen LogP contribution in [0.5, 0.6) is 0 Å². The minimum absolute atomic E-state index is 0.0158. The predicted molar refractivity (Wildman–Crippen MR) is 109 cm³/mol. The van der Waals surface area contributed by atoms with Gasteiger partial charge in [0.25, 0.3) is 5.56 Å². The van der Waals surface area contributed by atoms with E-state index in [2.05, 4.69) is 5.10 Å². The average molecular weight is 409 g/mol. The number of likely N-dealkylation sites (tertiary alicyclic amines) is 1. The van der Waals surface area contributed by atoms with Crippen molar-refractivity contribution in [2.24, 2.45) is 11.8 Å². The van der Waals surface area contributed by atoms with E-state index in [1.54, 1.807) is 0 Å². The largest absolute Gasteiger partial charge is 0.337 e. The third-order valence-electron chi connectivity index (χ3n) is 7.09. The Hall–Kier alpha value is -2.64. The Bertz CT molecular complexity index is 1090. The van der Waals surface area contributed by atoms with E-state index in [4.69, 9.17) is 4.98 Å². The summed E-state index contributed by atoms with van der Waals surface area (Å²) in [5, 5.41) is 3.25. The molecule has 158 valence electrons. The molecule has 2 aromatic rings. The number of H-pyrrole nitrogens is 1. The summed E-state index contributed by atoms with van der Waals surface area (Å²) in [6.07, 6.45) is 7.57. The third-order valence-corrected chi connectivity index (χ3v) is 7.09. The first-order valence-corrected chi connectivity index (χ1v) is 11.3. The molecule has 2 aromatic heterocycles. The van der Waals surface area contributed by atoms with E-state index in [1.165, 1.54) is 4.52 Å². The molecule has 2 amide bonds. The molecule has 0 spiro atoms. The lowest BCUT2D eigenvalue weighted by Crippen LogP contribution is -2.41. The lowest BCUT2D eigenvalue weighted by atomic mass is 9.98. The second-order valence-electron chi connectivity index (χ2n) is 9.35. The molecule has 0 unspecified atom stereocenters. The van der Waals surface area contributed by atoms with E-state index >= 15 is 0 Å². The summed E-state index contributed by atoms with van der Waals surface area (Å²) in [6.45, 7) is 1.77. The van der Waals surface area contributed by atoms with E-state index in [0.29, 0.717) is 30.7 Å². The van der Waals surface area contributed by atoms with Crippen molar-refractivity contribution in [3.63, 3.8) is 0 Å². The Balaban J connectivity index is 1.34. The fourth-order valence-electron chi connectivity index (χ4n) is 5.03. The maximum atomic E-state index is 13.2. The molecule has 8 heteroatoms. The highest BCUT2D eigenvalue weighted by atomic mass is 16.2. The zero-order chi connectivity index (χ0) is 20.4.